The lowest BCUT2D eigenvalue weighted by Crippen LogP contribution is -2.38. The zero-order chi connectivity index (χ0) is 24.6. The summed E-state index contributed by atoms with van der Waals surface area (Å²) in [5.74, 6) is -0.984. The highest BCUT2D eigenvalue weighted by atomic mass is 35.5. The molecule has 2 aromatic heterocycles. The summed E-state index contributed by atoms with van der Waals surface area (Å²) in [4.78, 5) is 26.7. The minimum Gasteiger partial charge on any atom is -0.388 e. The Morgan fingerprint density at radius 3 is 2.85 bits per heavy atom. The van der Waals surface area contributed by atoms with Crippen LogP contribution in [0.5, 0.6) is 0 Å². The Hall–Kier alpha value is -3.22. The van der Waals surface area contributed by atoms with Gasteiger partial charge >= 0.3 is 0 Å². The first-order chi connectivity index (χ1) is 16.2. The third-order valence-corrected chi connectivity index (χ3v) is 5.98. The second-order valence-electron chi connectivity index (χ2n) is 8.02. The number of halogens is 3. The number of aliphatic hydroxyl groups excluding tert-OH is 2. The maximum absolute atomic E-state index is 14.4. The van der Waals surface area contributed by atoms with Crippen LogP contribution in [0.25, 0.3) is 11.0 Å². The van der Waals surface area contributed by atoms with E-state index in [2.05, 4.69) is 37.1 Å². The predicted octanol–water partition coefficient (Wildman–Crippen LogP) is 2.00. The number of hydrogen-bond acceptors (Lipinski definition) is 8. The van der Waals surface area contributed by atoms with Gasteiger partial charge in [0.2, 0.25) is 0 Å². The Balaban J connectivity index is 1.65. The molecule has 1 aliphatic carbocycles. The number of carbonyl (C=O) groups is 1. The van der Waals surface area contributed by atoms with Gasteiger partial charge in [0.1, 0.15) is 47.2 Å². The molecule has 1 fully saturated rings. The average Bonchev–Trinajstić information content (AvgIpc) is 3.50. The van der Waals surface area contributed by atoms with Gasteiger partial charge in [0.15, 0.2) is 5.65 Å². The van der Waals surface area contributed by atoms with E-state index in [-0.39, 0.29) is 46.3 Å². The molecule has 3 heterocycles. The Kier molecular flexibility index (Phi) is 6.73. The number of aromatic nitrogens is 4. The Morgan fingerprint density at radius 2 is 2.18 bits per heavy atom. The molecule has 34 heavy (non-hydrogen) atoms. The van der Waals surface area contributed by atoms with Crippen molar-refractivity contribution < 1.29 is 23.8 Å². The summed E-state index contributed by atoms with van der Waals surface area (Å²) in [6, 6.07) is -1.48. The van der Waals surface area contributed by atoms with Crippen molar-refractivity contribution in [3.63, 3.8) is 0 Å². The van der Waals surface area contributed by atoms with E-state index in [9.17, 15) is 23.8 Å². The molecule has 2 aliphatic rings. The number of likely N-dealkylation sites (tertiary alicyclic amines) is 1. The fourth-order valence-corrected chi connectivity index (χ4v) is 4.11. The largest absolute Gasteiger partial charge is 0.388 e. The molecule has 13 heteroatoms. The van der Waals surface area contributed by atoms with Crippen LogP contribution in [-0.4, -0.2) is 83.4 Å². The number of allylic oxidation sites excluding steroid dienone is 1. The number of amides is 1. The minimum absolute atomic E-state index is 0.00502. The van der Waals surface area contributed by atoms with E-state index < -0.39 is 42.2 Å². The SMILES string of the molecule is C=C(C(Cl)=N/C=C(\C)F)[C@H]1C[C@H](F)CN1C(=O)c1[nH]nc2ncnc(N[C@@H]3C=C[C@@H](O)[C@H]3O)c12. The second-order valence-corrected chi connectivity index (χ2v) is 8.38. The van der Waals surface area contributed by atoms with Crippen molar-refractivity contribution in [2.24, 2.45) is 4.99 Å². The molecule has 1 aliphatic heterocycles. The summed E-state index contributed by atoms with van der Waals surface area (Å²) in [5, 5.41) is 29.6. The van der Waals surface area contributed by atoms with E-state index in [0.717, 1.165) is 6.20 Å². The molecule has 1 amide bonds. The summed E-state index contributed by atoms with van der Waals surface area (Å²) < 4.78 is 27.4. The van der Waals surface area contributed by atoms with Gasteiger partial charge in [0, 0.05) is 12.0 Å². The third-order valence-electron chi connectivity index (χ3n) is 5.64. The van der Waals surface area contributed by atoms with Gasteiger partial charge in [0.05, 0.1) is 30.2 Å². The molecule has 2 aromatic rings. The Morgan fingerprint density at radius 1 is 1.41 bits per heavy atom. The number of alkyl halides is 1. The lowest BCUT2D eigenvalue weighted by atomic mass is 10.1. The maximum atomic E-state index is 14.4. The van der Waals surface area contributed by atoms with Crippen LogP contribution in [0.3, 0.4) is 0 Å². The Bertz CT molecular complexity index is 1210. The van der Waals surface area contributed by atoms with E-state index in [1.165, 1.54) is 24.2 Å². The van der Waals surface area contributed by atoms with Gasteiger partial charge < -0.3 is 20.4 Å². The van der Waals surface area contributed by atoms with Crippen LogP contribution in [0.1, 0.15) is 23.8 Å². The van der Waals surface area contributed by atoms with Gasteiger partial charge in [-0.3, -0.25) is 9.89 Å². The number of nitrogens with zero attached hydrogens (tertiary/aromatic N) is 5. The van der Waals surface area contributed by atoms with E-state index in [1.54, 1.807) is 6.08 Å². The topological polar surface area (TPSA) is 140 Å². The first-order valence-electron chi connectivity index (χ1n) is 10.4. The number of H-pyrrole nitrogens is 1. The Labute approximate surface area is 197 Å². The van der Waals surface area contributed by atoms with Crippen LogP contribution >= 0.6 is 11.6 Å². The van der Waals surface area contributed by atoms with Gasteiger partial charge in [0.25, 0.3) is 5.91 Å². The van der Waals surface area contributed by atoms with Crippen molar-refractivity contribution in [1.82, 2.24) is 25.1 Å². The summed E-state index contributed by atoms with van der Waals surface area (Å²) in [7, 11) is 0. The molecule has 0 saturated carbocycles. The second kappa shape index (κ2) is 9.57. The molecular weight excluding hydrogens is 472 g/mol. The van der Waals surface area contributed by atoms with E-state index in [1.807, 2.05) is 0 Å². The van der Waals surface area contributed by atoms with Gasteiger partial charge in [-0.05, 0) is 6.92 Å². The van der Waals surface area contributed by atoms with Crippen molar-refractivity contribution in [3.05, 3.63) is 48.4 Å². The highest BCUT2D eigenvalue weighted by Crippen LogP contribution is 2.31. The van der Waals surface area contributed by atoms with Crippen molar-refractivity contribution in [2.75, 3.05) is 11.9 Å². The summed E-state index contributed by atoms with van der Waals surface area (Å²) in [6.07, 6.45) is 1.61. The number of fused-ring (bicyclic) bond motifs is 1. The number of rotatable bonds is 6. The van der Waals surface area contributed by atoms with Crippen LogP contribution in [0.4, 0.5) is 14.6 Å². The number of aliphatic imine (C=N–C) groups is 1. The molecule has 5 atom stereocenters. The third kappa shape index (κ3) is 4.56. The van der Waals surface area contributed by atoms with Crippen LogP contribution in [0.2, 0.25) is 0 Å². The zero-order valence-corrected chi connectivity index (χ0v) is 18.7. The molecule has 10 nitrogen and oxygen atoms in total. The van der Waals surface area contributed by atoms with E-state index in [4.69, 9.17) is 11.6 Å². The molecule has 0 aromatic carbocycles. The lowest BCUT2D eigenvalue weighted by molar-refractivity contribution is 0.0552. The van der Waals surface area contributed by atoms with E-state index >= 15 is 0 Å². The molecular formula is C21H22ClF2N7O3. The molecule has 4 N–H and O–H groups in total. The van der Waals surface area contributed by atoms with Gasteiger partial charge in [-0.2, -0.15) is 5.10 Å². The molecule has 180 valence electrons. The summed E-state index contributed by atoms with van der Waals surface area (Å²) in [5.41, 5.74) is 0.334. The average molecular weight is 494 g/mol. The standard InChI is InChI=1S/C21H22ClF2N7O3/c1-9(23)6-25-18(22)10(2)13-5-11(24)7-31(13)21(34)16-15-19(26-8-27-20(15)30-29-16)28-12-3-4-14(32)17(12)33/h3-4,6,8,11-14,17,32-33H,2,5,7H2,1H3,(H2,26,27,28,29,30)/b9-6+,25-18?/t11-,12+,13+,14+,17-/m0/s1. The molecule has 0 unspecified atom stereocenters. The van der Waals surface area contributed by atoms with Crippen molar-refractivity contribution in [1.29, 1.82) is 0 Å². The van der Waals surface area contributed by atoms with Crippen LogP contribution in [0, 0.1) is 0 Å². The monoisotopic (exact) mass is 493 g/mol. The first kappa shape index (κ1) is 23.9. The molecule has 4 rings (SSSR count). The quantitative estimate of drug-likeness (QED) is 0.356. The number of aromatic amines is 1. The summed E-state index contributed by atoms with van der Waals surface area (Å²) in [6.45, 7) is 4.80. The fraction of sp³-hybridized carbons (Fsp3) is 0.381. The van der Waals surface area contributed by atoms with E-state index in [0.29, 0.717) is 0 Å². The molecule has 1 saturated heterocycles. The smallest absolute Gasteiger partial charge is 0.273 e. The fourth-order valence-electron chi connectivity index (χ4n) is 3.93. The van der Waals surface area contributed by atoms with Gasteiger partial charge in [-0.15, -0.1) is 0 Å². The van der Waals surface area contributed by atoms with Crippen LogP contribution in [0.15, 0.2) is 47.7 Å². The van der Waals surface area contributed by atoms with Gasteiger partial charge in [-0.1, -0.05) is 30.3 Å². The molecule has 0 bridgehead atoms. The normalized spacial score (nSPS) is 27.6. The number of carbonyl (C=O) groups excluding carboxylic acids is 1. The highest BCUT2D eigenvalue weighted by molar-refractivity contribution is 6.69. The van der Waals surface area contributed by atoms with Crippen molar-refractivity contribution in [2.45, 2.75) is 43.8 Å². The molecule has 0 spiro atoms. The maximum Gasteiger partial charge on any atom is 0.273 e. The zero-order valence-electron chi connectivity index (χ0n) is 18.0. The number of anilines is 1. The first-order valence-corrected chi connectivity index (χ1v) is 10.7. The summed E-state index contributed by atoms with van der Waals surface area (Å²) >= 11 is 6.12. The number of hydrogen-bond donors (Lipinski definition) is 4. The van der Waals surface area contributed by atoms with Crippen LogP contribution in [-0.2, 0) is 0 Å². The minimum atomic E-state index is -1.34. The highest BCUT2D eigenvalue weighted by Gasteiger charge is 2.40. The van der Waals surface area contributed by atoms with Gasteiger partial charge in [-0.25, -0.2) is 23.7 Å². The van der Waals surface area contributed by atoms with Crippen LogP contribution < -0.4 is 5.32 Å². The van der Waals surface area contributed by atoms with Crippen molar-refractivity contribution >= 4 is 39.5 Å². The van der Waals surface area contributed by atoms with Crippen molar-refractivity contribution in [3.8, 4) is 0 Å². The number of nitrogens with one attached hydrogen (secondary N) is 2. The molecule has 0 radical (unpaired) electrons. The predicted molar refractivity (Wildman–Crippen MR) is 122 cm³/mol. The lowest BCUT2D eigenvalue weighted by Gasteiger charge is -2.25. The number of aliphatic hydroxyl groups is 2.